The molecule has 5 rings (SSSR count). The average molecular weight is 464 g/mol. The quantitative estimate of drug-likeness (QED) is 0.308. The van der Waals surface area contributed by atoms with E-state index >= 15 is 0 Å². The molecule has 1 aliphatic rings. The van der Waals surface area contributed by atoms with E-state index in [1.165, 1.54) is 28.8 Å². The highest BCUT2D eigenvalue weighted by atomic mass is 35.5. The minimum atomic E-state index is -0.0264. The lowest BCUT2D eigenvalue weighted by molar-refractivity contribution is 0.194. The van der Waals surface area contributed by atoms with E-state index in [4.69, 9.17) is 11.6 Å². The van der Waals surface area contributed by atoms with Crippen molar-refractivity contribution >= 4 is 22.9 Å². The van der Waals surface area contributed by atoms with E-state index in [9.17, 15) is 0 Å². The van der Waals surface area contributed by atoms with Gasteiger partial charge in [-0.05, 0) is 58.0 Å². The van der Waals surface area contributed by atoms with Gasteiger partial charge in [-0.25, -0.2) is 4.68 Å². The Bertz CT molecular complexity index is 1100. The van der Waals surface area contributed by atoms with Crippen LogP contribution >= 0.6 is 22.9 Å². The molecule has 0 spiro atoms. The van der Waals surface area contributed by atoms with Crippen molar-refractivity contribution in [1.82, 2.24) is 25.1 Å². The first-order valence-electron chi connectivity index (χ1n) is 11.1. The molecule has 0 amide bonds. The lowest BCUT2D eigenvalue weighted by Crippen LogP contribution is -2.31. The molecule has 32 heavy (non-hydrogen) atoms. The zero-order valence-corrected chi connectivity index (χ0v) is 19.4. The Hall–Kier alpha value is -2.54. The summed E-state index contributed by atoms with van der Waals surface area (Å²) in [4.78, 5) is 3.73. The molecule has 0 N–H and O–H groups in total. The largest absolute Gasteiger partial charge is 0.280 e. The van der Waals surface area contributed by atoms with Gasteiger partial charge >= 0.3 is 0 Å². The summed E-state index contributed by atoms with van der Waals surface area (Å²) in [5.41, 5.74) is 2.48. The molecule has 1 fully saturated rings. The fourth-order valence-electron chi connectivity index (χ4n) is 4.59. The van der Waals surface area contributed by atoms with Crippen molar-refractivity contribution < 1.29 is 0 Å². The second-order valence-corrected chi connectivity index (χ2v) is 9.77. The summed E-state index contributed by atoms with van der Waals surface area (Å²) in [6.45, 7) is 1.57. The number of halogens is 1. The van der Waals surface area contributed by atoms with Crippen LogP contribution in [-0.4, -0.2) is 25.1 Å². The smallest absolute Gasteiger partial charge is 0.174 e. The highest BCUT2D eigenvalue weighted by Crippen LogP contribution is 2.37. The van der Waals surface area contributed by atoms with Crippen molar-refractivity contribution in [1.29, 1.82) is 0 Å². The zero-order chi connectivity index (χ0) is 21.8. The van der Waals surface area contributed by atoms with Crippen LogP contribution in [0.2, 0.25) is 5.02 Å². The van der Waals surface area contributed by atoms with E-state index in [-0.39, 0.29) is 6.04 Å². The highest BCUT2D eigenvalue weighted by molar-refractivity contribution is 7.10. The van der Waals surface area contributed by atoms with E-state index in [1.54, 1.807) is 11.3 Å². The van der Waals surface area contributed by atoms with Crippen LogP contribution in [0.25, 0.3) is 0 Å². The SMILES string of the molecule is Clc1ccc(CN(Cc2ccccc2)[C@H](c2cccs2)c2nnnn2C2CCCC2)cc1. The number of nitrogens with zero attached hydrogens (tertiary/aromatic N) is 5. The van der Waals surface area contributed by atoms with Crippen molar-refractivity contribution in [2.24, 2.45) is 0 Å². The van der Waals surface area contributed by atoms with Crippen LogP contribution in [0.1, 0.15) is 59.6 Å². The maximum absolute atomic E-state index is 6.15. The first-order valence-corrected chi connectivity index (χ1v) is 12.4. The van der Waals surface area contributed by atoms with E-state index in [1.807, 2.05) is 12.1 Å². The summed E-state index contributed by atoms with van der Waals surface area (Å²) in [6, 6.07) is 23.4. The van der Waals surface area contributed by atoms with Crippen molar-refractivity contribution in [2.45, 2.75) is 50.9 Å². The standard InChI is InChI=1S/C25H26ClN5S/c26-21-14-12-20(13-15-21)18-30(17-19-7-2-1-3-8-19)24(23-11-6-16-32-23)25-27-28-29-31(25)22-9-4-5-10-22/h1-3,6-8,11-16,22,24H,4-5,9-10,17-18H2/t24-/m1/s1. The predicted octanol–water partition coefficient (Wildman–Crippen LogP) is 6.29. The molecule has 0 bridgehead atoms. The van der Waals surface area contributed by atoms with Crippen molar-refractivity contribution in [3.05, 3.63) is 99.0 Å². The lowest BCUT2D eigenvalue weighted by Gasteiger charge is -2.31. The summed E-state index contributed by atoms with van der Waals surface area (Å²) in [5, 5.41) is 16.1. The lowest BCUT2D eigenvalue weighted by atomic mass is 10.1. The second-order valence-electron chi connectivity index (χ2n) is 8.35. The van der Waals surface area contributed by atoms with Crippen LogP contribution in [0.5, 0.6) is 0 Å². The van der Waals surface area contributed by atoms with Gasteiger partial charge in [0.25, 0.3) is 0 Å². The van der Waals surface area contributed by atoms with Crippen LogP contribution in [-0.2, 0) is 13.1 Å². The zero-order valence-electron chi connectivity index (χ0n) is 17.8. The molecule has 2 heterocycles. The van der Waals surface area contributed by atoms with Crippen LogP contribution in [0.15, 0.2) is 72.1 Å². The average Bonchev–Trinajstić information content (AvgIpc) is 3.59. The highest BCUT2D eigenvalue weighted by Gasteiger charge is 2.32. The van der Waals surface area contributed by atoms with Crippen LogP contribution in [0.4, 0.5) is 0 Å². The van der Waals surface area contributed by atoms with Gasteiger partial charge in [0, 0.05) is 23.0 Å². The molecule has 7 heteroatoms. The minimum absolute atomic E-state index is 0.0264. The number of aromatic nitrogens is 4. The van der Waals surface area contributed by atoms with Gasteiger partial charge in [0.1, 0.15) is 6.04 Å². The van der Waals surface area contributed by atoms with E-state index in [0.717, 1.165) is 36.8 Å². The molecular formula is C25H26ClN5S. The number of hydrogen-bond acceptors (Lipinski definition) is 5. The summed E-state index contributed by atoms with van der Waals surface area (Å²) >= 11 is 7.92. The Labute approximate surface area is 197 Å². The van der Waals surface area contributed by atoms with E-state index < -0.39 is 0 Å². The summed E-state index contributed by atoms with van der Waals surface area (Å²) in [7, 11) is 0. The molecular weight excluding hydrogens is 438 g/mol. The molecule has 164 valence electrons. The molecule has 1 saturated carbocycles. The minimum Gasteiger partial charge on any atom is -0.280 e. The molecule has 1 atom stereocenters. The Kier molecular flexibility index (Phi) is 6.62. The van der Waals surface area contributed by atoms with Gasteiger partial charge in [-0.1, -0.05) is 73.0 Å². The molecule has 0 saturated heterocycles. The van der Waals surface area contributed by atoms with Gasteiger partial charge in [-0.15, -0.1) is 16.4 Å². The maximum atomic E-state index is 6.15. The van der Waals surface area contributed by atoms with Gasteiger partial charge in [-0.3, -0.25) is 4.90 Å². The summed E-state index contributed by atoms with van der Waals surface area (Å²) in [5.74, 6) is 0.934. The van der Waals surface area contributed by atoms with Crippen molar-refractivity contribution in [2.75, 3.05) is 0 Å². The van der Waals surface area contributed by atoms with E-state index in [2.05, 4.69) is 85.1 Å². The fourth-order valence-corrected chi connectivity index (χ4v) is 5.57. The molecule has 1 aliphatic carbocycles. The normalized spacial score (nSPS) is 15.4. The number of benzene rings is 2. The summed E-state index contributed by atoms with van der Waals surface area (Å²) in [6.07, 6.45) is 4.77. The van der Waals surface area contributed by atoms with Gasteiger partial charge in [-0.2, -0.15) is 0 Å². The Morgan fingerprint density at radius 2 is 1.66 bits per heavy atom. The van der Waals surface area contributed by atoms with Gasteiger partial charge in [0.05, 0.1) is 6.04 Å². The first kappa shape index (κ1) is 21.3. The fraction of sp³-hybridized carbons (Fsp3) is 0.320. The Morgan fingerprint density at radius 3 is 2.34 bits per heavy atom. The van der Waals surface area contributed by atoms with Crippen molar-refractivity contribution in [3.8, 4) is 0 Å². The summed E-state index contributed by atoms with van der Waals surface area (Å²) < 4.78 is 2.09. The number of hydrogen-bond donors (Lipinski definition) is 0. The molecule has 2 aromatic carbocycles. The molecule has 5 nitrogen and oxygen atoms in total. The van der Waals surface area contributed by atoms with Crippen LogP contribution < -0.4 is 0 Å². The topological polar surface area (TPSA) is 46.8 Å². The first-order chi connectivity index (χ1) is 15.8. The maximum Gasteiger partial charge on any atom is 0.174 e. The van der Waals surface area contributed by atoms with E-state index in [0.29, 0.717) is 6.04 Å². The molecule has 0 aliphatic heterocycles. The molecule has 0 unspecified atom stereocenters. The molecule has 2 aromatic heterocycles. The number of thiophene rings is 1. The van der Waals surface area contributed by atoms with Crippen LogP contribution in [0, 0.1) is 0 Å². The van der Waals surface area contributed by atoms with Gasteiger partial charge in [0.2, 0.25) is 0 Å². The number of tetrazole rings is 1. The Balaban J connectivity index is 1.56. The third-order valence-corrected chi connectivity index (χ3v) is 7.32. The third-order valence-electron chi connectivity index (χ3n) is 6.14. The molecule has 4 aromatic rings. The number of rotatable bonds is 8. The second kappa shape index (κ2) is 9.94. The molecule has 0 radical (unpaired) electrons. The monoisotopic (exact) mass is 463 g/mol. The van der Waals surface area contributed by atoms with Crippen LogP contribution in [0.3, 0.4) is 0 Å². The van der Waals surface area contributed by atoms with Crippen molar-refractivity contribution in [3.63, 3.8) is 0 Å². The third kappa shape index (κ3) is 4.77. The van der Waals surface area contributed by atoms with Gasteiger partial charge < -0.3 is 0 Å². The predicted molar refractivity (Wildman–Crippen MR) is 129 cm³/mol. The van der Waals surface area contributed by atoms with Gasteiger partial charge in [0.15, 0.2) is 5.82 Å². The Morgan fingerprint density at radius 1 is 0.938 bits per heavy atom.